The molecular formula is C27H38N2O2. The van der Waals surface area contributed by atoms with Gasteiger partial charge in [0.2, 0.25) is 11.8 Å². The van der Waals surface area contributed by atoms with Gasteiger partial charge in [-0.25, -0.2) is 0 Å². The molecule has 1 atom stereocenters. The maximum atomic E-state index is 13.3. The lowest BCUT2D eigenvalue weighted by Crippen LogP contribution is -2.50. The van der Waals surface area contributed by atoms with Gasteiger partial charge in [0.05, 0.1) is 0 Å². The minimum Gasteiger partial charge on any atom is -0.352 e. The third-order valence-electron chi connectivity index (χ3n) is 5.46. The van der Waals surface area contributed by atoms with Crippen molar-refractivity contribution in [3.8, 4) is 0 Å². The van der Waals surface area contributed by atoms with E-state index < -0.39 is 6.04 Å². The largest absolute Gasteiger partial charge is 0.352 e. The van der Waals surface area contributed by atoms with Gasteiger partial charge >= 0.3 is 0 Å². The van der Waals surface area contributed by atoms with Crippen molar-refractivity contribution in [2.75, 3.05) is 0 Å². The van der Waals surface area contributed by atoms with Gasteiger partial charge in [-0.15, -0.1) is 0 Å². The zero-order valence-corrected chi connectivity index (χ0v) is 19.9. The fourth-order valence-electron chi connectivity index (χ4n) is 3.65. The van der Waals surface area contributed by atoms with E-state index in [4.69, 9.17) is 0 Å². The molecule has 0 aliphatic rings. The number of hydrogen-bond acceptors (Lipinski definition) is 2. The Labute approximate surface area is 188 Å². The van der Waals surface area contributed by atoms with Crippen LogP contribution in [-0.2, 0) is 28.0 Å². The number of aryl methyl sites for hydroxylation is 1. The number of rotatable bonds is 9. The average Bonchev–Trinajstić information content (AvgIpc) is 2.71. The van der Waals surface area contributed by atoms with Gasteiger partial charge in [-0.3, -0.25) is 9.59 Å². The third-order valence-corrected chi connectivity index (χ3v) is 5.46. The van der Waals surface area contributed by atoms with Crippen LogP contribution in [0.5, 0.6) is 0 Å². The Morgan fingerprint density at radius 1 is 0.935 bits per heavy atom. The van der Waals surface area contributed by atoms with Crippen LogP contribution >= 0.6 is 0 Å². The molecule has 2 aromatic carbocycles. The highest BCUT2D eigenvalue weighted by molar-refractivity contribution is 5.87. The molecular weight excluding hydrogens is 384 g/mol. The standard InChI is InChI=1S/C27H38N2O2/c1-7-24(26(31)28-20(2)3)29(19-22-11-9-8-10-12-22)25(30)18-15-21-13-16-23(17-14-21)27(4,5)6/h8-14,16-17,20,24H,7,15,18-19H2,1-6H3,(H,28,31)/t24-/m0/s1. The topological polar surface area (TPSA) is 49.4 Å². The molecule has 0 aromatic heterocycles. The molecule has 0 unspecified atom stereocenters. The molecule has 4 heteroatoms. The number of hydrogen-bond donors (Lipinski definition) is 1. The van der Waals surface area contributed by atoms with E-state index in [9.17, 15) is 9.59 Å². The van der Waals surface area contributed by atoms with E-state index in [1.165, 1.54) is 5.56 Å². The molecule has 0 aliphatic heterocycles. The molecule has 0 spiro atoms. The van der Waals surface area contributed by atoms with Crippen molar-refractivity contribution >= 4 is 11.8 Å². The smallest absolute Gasteiger partial charge is 0.243 e. The summed E-state index contributed by atoms with van der Waals surface area (Å²) in [6.07, 6.45) is 1.63. The van der Waals surface area contributed by atoms with Gasteiger partial charge in [0.15, 0.2) is 0 Å². The Balaban J connectivity index is 2.15. The second kappa shape index (κ2) is 11.1. The molecule has 168 valence electrons. The average molecular weight is 423 g/mol. The summed E-state index contributed by atoms with van der Waals surface area (Å²) in [4.78, 5) is 27.9. The highest BCUT2D eigenvalue weighted by Gasteiger charge is 2.28. The van der Waals surface area contributed by atoms with Gasteiger partial charge < -0.3 is 10.2 Å². The van der Waals surface area contributed by atoms with Gasteiger partial charge in [0, 0.05) is 19.0 Å². The number of nitrogens with zero attached hydrogens (tertiary/aromatic N) is 1. The Morgan fingerprint density at radius 2 is 1.55 bits per heavy atom. The third kappa shape index (κ3) is 7.54. The maximum absolute atomic E-state index is 13.3. The summed E-state index contributed by atoms with van der Waals surface area (Å²) < 4.78 is 0. The molecule has 1 N–H and O–H groups in total. The lowest BCUT2D eigenvalue weighted by molar-refractivity contribution is -0.141. The second-order valence-corrected chi connectivity index (χ2v) is 9.54. The molecule has 0 fully saturated rings. The molecule has 2 aromatic rings. The summed E-state index contributed by atoms with van der Waals surface area (Å²) in [5.41, 5.74) is 3.56. The number of benzene rings is 2. The van der Waals surface area contributed by atoms with Gasteiger partial charge in [-0.2, -0.15) is 0 Å². The van der Waals surface area contributed by atoms with E-state index in [0.29, 0.717) is 25.8 Å². The Hall–Kier alpha value is -2.62. The Morgan fingerprint density at radius 3 is 2.06 bits per heavy atom. The molecule has 0 saturated heterocycles. The van der Waals surface area contributed by atoms with Crippen LogP contribution in [0.15, 0.2) is 54.6 Å². The van der Waals surface area contributed by atoms with Crippen LogP contribution < -0.4 is 5.32 Å². The summed E-state index contributed by atoms with van der Waals surface area (Å²) >= 11 is 0. The minimum atomic E-state index is -0.474. The van der Waals surface area contributed by atoms with E-state index in [1.807, 2.05) is 51.1 Å². The molecule has 0 saturated carbocycles. The zero-order valence-electron chi connectivity index (χ0n) is 19.9. The summed E-state index contributed by atoms with van der Waals surface area (Å²) in [6.45, 7) is 12.9. The number of carbonyl (C=O) groups excluding carboxylic acids is 2. The van der Waals surface area contributed by atoms with E-state index in [1.54, 1.807) is 4.90 Å². The van der Waals surface area contributed by atoms with Crippen LogP contribution in [0.25, 0.3) is 0 Å². The molecule has 0 aliphatic carbocycles. The number of amides is 2. The van der Waals surface area contributed by atoms with Crippen molar-refractivity contribution in [2.45, 2.75) is 84.8 Å². The Kier molecular flexibility index (Phi) is 8.85. The molecule has 4 nitrogen and oxygen atoms in total. The monoisotopic (exact) mass is 422 g/mol. The fraction of sp³-hybridized carbons (Fsp3) is 0.481. The molecule has 31 heavy (non-hydrogen) atoms. The normalized spacial score (nSPS) is 12.5. The molecule has 2 amide bonds. The first kappa shape index (κ1) is 24.6. The van der Waals surface area contributed by atoms with Gasteiger partial charge in [-0.05, 0) is 48.8 Å². The molecule has 0 bridgehead atoms. The van der Waals surface area contributed by atoms with Crippen molar-refractivity contribution in [1.29, 1.82) is 0 Å². The SMILES string of the molecule is CC[C@@H](C(=O)NC(C)C)N(Cc1ccccc1)C(=O)CCc1ccc(C(C)(C)C)cc1. The zero-order chi connectivity index (χ0) is 23.0. The van der Waals surface area contributed by atoms with Crippen LogP contribution in [0.4, 0.5) is 0 Å². The summed E-state index contributed by atoms with van der Waals surface area (Å²) in [5, 5.41) is 2.98. The minimum absolute atomic E-state index is 0.00880. The first-order valence-electron chi connectivity index (χ1n) is 11.3. The quantitative estimate of drug-likeness (QED) is 0.600. The van der Waals surface area contributed by atoms with Crippen molar-refractivity contribution in [1.82, 2.24) is 10.2 Å². The van der Waals surface area contributed by atoms with Crippen molar-refractivity contribution in [3.63, 3.8) is 0 Å². The molecule has 0 radical (unpaired) electrons. The van der Waals surface area contributed by atoms with Crippen molar-refractivity contribution in [3.05, 3.63) is 71.3 Å². The summed E-state index contributed by atoms with van der Waals surface area (Å²) in [5.74, 6) is -0.0779. The summed E-state index contributed by atoms with van der Waals surface area (Å²) in [7, 11) is 0. The van der Waals surface area contributed by atoms with Crippen molar-refractivity contribution < 1.29 is 9.59 Å². The van der Waals surface area contributed by atoms with E-state index in [0.717, 1.165) is 11.1 Å². The molecule has 2 rings (SSSR count). The first-order valence-corrected chi connectivity index (χ1v) is 11.3. The van der Waals surface area contributed by atoms with E-state index in [2.05, 4.69) is 50.4 Å². The predicted molar refractivity (Wildman–Crippen MR) is 128 cm³/mol. The van der Waals surface area contributed by atoms with E-state index >= 15 is 0 Å². The van der Waals surface area contributed by atoms with Crippen LogP contribution in [-0.4, -0.2) is 28.8 Å². The number of nitrogens with one attached hydrogen (secondary N) is 1. The highest BCUT2D eigenvalue weighted by Crippen LogP contribution is 2.23. The van der Waals surface area contributed by atoms with E-state index in [-0.39, 0.29) is 23.3 Å². The Bertz CT molecular complexity index is 836. The second-order valence-electron chi connectivity index (χ2n) is 9.54. The maximum Gasteiger partial charge on any atom is 0.243 e. The predicted octanol–water partition coefficient (Wildman–Crippen LogP) is 5.25. The lowest BCUT2D eigenvalue weighted by atomic mass is 9.86. The van der Waals surface area contributed by atoms with Crippen LogP contribution in [0.1, 0.15) is 71.1 Å². The van der Waals surface area contributed by atoms with Crippen LogP contribution in [0.2, 0.25) is 0 Å². The molecule has 0 heterocycles. The fourth-order valence-corrected chi connectivity index (χ4v) is 3.65. The van der Waals surface area contributed by atoms with Gasteiger partial charge in [0.25, 0.3) is 0 Å². The number of carbonyl (C=O) groups is 2. The summed E-state index contributed by atoms with van der Waals surface area (Å²) in [6, 6.07) is 18.0. The van der Waals surface area contributed by atoms with Crippen LogP contribution in [0.3, 0.4) is 0 Å². The van der Waals surface area contributed by atoms with Gasteiger partial charge in [0.1, 0.15) is 6.04 Å². The van der Waals surface area contributed by atoms with Crippen LogP contribution in [0, 0.1) is 0 Å². The highest BCUT2D eigenvalue weighted by atomic mass is 16.2. The van der Waals surface area contributed by atoms with Crippen molar-refractivity contribution in [2.24, 2.45) is 0 Å². The first-order chi connectivity index (χ1) is 14.6. The lowest BCUT2D eigenvalue weighted by Gasteiger charge is -2.31. The van der Waals surface area contributed by atoms with Gasteiger partial charge in [-0.1, -0.05) is 82.3 Å².